The lowest BCUT2D eigenvalue weighted by Crippen LogP contribution is -2.22. The highest BCUT2D eigenvalue weighted by atomic mass is 19.1. The molecule has 0 spiro atoms. The first kappa shape index (κ1) is 20.3. The Hall–Kier alpha value is -4.43. The molecule has 0 saturated heterocycles. The number of carbonyl (C=O) groups is 1. The molecule has 148 valence electrons. The molecule has 0 unspecified atom stereocenters. The second-order valence-corrected chi connectivity index (χ2v) is 5.95. The quantitative estimate of drug-likeness (QED) is 0.674. The van der Waals surface area contributed by atoms with Gasteiger partial charge in [-0.2, -0.15) is 15.5 Å². The van der Waals surface area contributed by atoms with Crippen molar-refractivity contribution in [2.45, 2.75) is 0 Å². The molecule has 0 saturated carbocycles. The monoisotopic (exact) mass is 402 g/mol. The lowest BCUT2D eigenvalue weighted by Gasteiger charge is -2.15. The number of hydrogen-bond donors (Lipinski definition) is 1. The van der Waals surface area contributed by atoms with Crippen LogP contribution in [0.4, 0.5) is 10.2 Å². The third-order valence-electron chi connectivity index (χ3n) is 4.10. The number of rotatable bonds is 6. The minimum absolute atomic E-state index is 0.00997. The number of halogens is 1. The molecule has 0 aliphatic heterocycles. The maximum absolute atomic E-state index is 14.5. The van der Waals surface area contributed by atoms with Crippen molar-refractivity contribution in [3.63, 3.8) is 0 Å². The van der Waals surface area contributed by atoms with Crippen LogP contribution in [0.1, 0.15) is 11.1 Å². The molecule has 7 nitrogen and oxygen atoms in total. The normalized spacial score (nSPS) is 9.87. The number of para-hydroxylation sites is 1. The number of aromatic nitrogens is 1. The van der Waals surface area contributed by atoms with E-state index in [4.69, 9.17) is 9.47 Å². The van der Waals surface area contributed by atoms with Crippen LogP contribution in [-0.2, 0) is 4.79 Å². The summed E-state index contributed by atoms with van der Waals surface area (Å²) in [7, 11) is 1.28. The third kappa shape index (κ3) is 4.18. The Labute approximate surface area is 171 Å². The molecule has 1 aromatic heterocycles. The van der Waals surface area contributed by atoms with E-state index in [1.165, 1.54) is 25.3 Å². The first-order valence-electron chi connectivity index (χ1n) is 8.73. The minimum Gasteiger partial charge on any atom is -0.484 e. The standard InChI is InChI=1S/C22H15FN4O3/c1-29-22-17(12-25)20(15-9-5-6-10-18(15)23)16(11-24)21(27-22)26-19(28)13-30-14-7-3-2-4-8-14/h2-10H,13H2,1H3,(H,26,27,28). The molecule has 0 bridgehead atoms. The van der Waals surface area contributed by atoms with E-state index in [0.29, 0.717) is 5.75 Å². The summed E-state index contributed by atoms with van der Waals surface area (Å²) in [4.78, 5) is 16.4. The number of nitrogens with one attached hydrogen (secondary N) is 1. The van der Waals surface area contributed by atoms with Crippen LogP contribution in [0.15, 0.2) is 54.6 Å². The predicted octanol–water partition coefficient (Wildman–Crippen LogP) is 3.66. The molecule has 0 aliphatic carbocycles. The Morgan fingerprint density at radius 2 is 1.73 bits per heavy atom. The number of pyridine rings is 1. The van der Waals surface area contributed by atoms with Crippen molar-refractivity contribution in [3.8, 4) is 34.9 Å². The van der Waals surface area contributed by atoms with Gasteiger partial charge in [-0.15, -0.1) is 0 Å². The molecule has 0 radical (unpaired) electrons. The highest BCUT2D eigenvalue weighted by molar-refractivity contribution is 5.95. The van der Waals surface area contributed by atoms with Crippen LogP contribution in [0.2, 0.25) is 0 Å². The molecular weight excluding hydrogens is 387 g/mol. The highest BCUT2D eigenvalue weighted by Crippen LogP contribution is 2.37. The molecule has 1 N–H and O–H groups in total. The van der Waals surface area contributed by atoms with E-state index in [0.717, 1.165) is 0 Å². The zero-order chi connectivity index (χ0) is 21.5. The van der Waals surface area contributed by atoms with E-state index in [-0.39, 0.29) is 40.6 Å². The third-order valence-corrected chi connectivity index (χ3v) is 4.10. The van der Waals surface area contributed by atoms with Gasteiger partial charge in [0, 0.05) is 11.1 Å². The first-order chi connectivity index (χ1) is 14.6. The zero-order valence-electron chi connectivity index (χ0n) is 15.8. The number of carbonyl (C=O) groups excluding carboxylic acids is 1. The number of ether oxygens (including phenoxy) is 2. The Kier molecular flexibility index (Phi) is 6.21. The van der Waals surface area contributed by atoms with Gasteiger partial charge in [-0.05, 0) is 18.2 Å². The van der Waals surface area contributed by atoms with E-state index in [1.54, 1.807) is 30.3 Å². The summed E-state index contributed by atoms with van der Waals surface area (Å²) in [6.45, 7) is -0.339. The van der Waals surface area contributed by atoms with E-state index in [9.17, 15) is 19.7 Å². The lowest BCUT2D eigenvalue weighted by atomic mass is 9.96. The second kappa shape index (κ2) is 9.18. The Morgan fingerprint density at radius 3 is 2.37 bits per heavy atom. The van der Waals surface area contributed by atoms with Crippen molar-refractivity contribution in [1.82, 2.24) is 4.98 Å². The number of benzene rings is 2. The molecular formula is C22H15FN4O3. The molecule has 8 heteroatoms. The van der Waals surface area contributed by atoms with Crippen molar-refractivity contribution in [2.24, 2.45) is 0 Å². The van der Waals surface area contributed by atoms with Gasteiger partial charge in [-0.1, -0.05) is 36.4 Å². The molecule has 3 aromatic rings. The number of methoxy groups -OCH3 is 1. The van der Waals surface area contributed by atoms with Crippen molar-refractivity contribution < 1.29 is 18.7 Å². The molecule has 2 aromatic carbocycles. The Morgan fingerprint density at radius 1 is 1.07 bits per heavy atom. The van der Waals surface area contributed by atoms with Gasteiger partial charge in [0.25, 0.3) is 5.91 Å². The van der Waals surface area contributed by atoms with E-state index in [1.807, 2.05) is 18.2 Å². The Bertz CT molecular complexity index is 1170. The molecule has 30 heavy (non-hydrogen) atoms. The smallest absolute Gasteiger partial charge is 0.263 e. The molecule has 3 rings (SSSR count). The zero-order valence-corrected chi connectivity index (χ0v) is 15.8. The average molecular weight is 402 g/mol. The van der Waals surface area contributed by atoms with Crippen LogP contribution < -0.4 is 14.8 Å². The average Bonchev–Trinajstić information content (AvgIpc) is 2.78. The van der Waals surface area contributed by atoms with Gasteiger partial charge in [0.15, 0.2) is 12.4 Å². The number of amides is 1. The van der Waals surface area contributed by atoms with E-state index < -0.39 is 11.7 Å². The summed E-state index contributed by atoms with van der Waals surface area (Å²) in [5, 5.41) is 21.8. The first-order valence-corrected chi connectivity index (χ1v) is 8.73. The van der Waals surface area contributed by atoms with Crippen LogP contribution in [0.25, 0.3) is 11.1 Å². The lowest BCUT2D eigenvalue weighted by molar-refractivity contribution is -0.118. The number of anilines is 1. The highest BCUT2D eigenvalue weighted by Gasteiger charge is 2.24. The van der Waals surface area contributed by atoms with Gasteiger partial charge in [0.1, 0.15) is 34.8 Å². The van der Waals surface area contributed by atoms with E-state index >= 15 is 0 Å². The van der Waals surface area contributed by atoms with Gasteiger partial charge in [0.2, 0.25) is 5.88 Å². The van der Waals surface area contributed by atoms with Crippen LogP contribution in [0.5, 0.6) is 11.6 Å². The van der Waals surface area contributed by atoms with Crippen molar-refractivity contribution in [1.29, 1.82) is 10.5 Å². The summed E-state index contributed by atoms with van der Waals surface area (Å²) in [5.41, 5.74) is -0.269. The van der Waals surface area contributed by atoms with Gasteiger partial charge in [-0.3, -0.25) is 4.79 Å². The van der Waals surface area contributed by atoms with Crippen molar-refractivity contribution >= 4 is 11.7 Å². The van der Waals surface area contributed by atoms with Crippen LogP contribution >= 0.6 is 0 Å². The fraction of sp³-hybridized carbons (Fsp3) is 0.0909. The molecule has 1 amide bonds. The van der Waals surface area contributed by atoms with Crippen molar-refractivity contribution in [3.05, 3.63) is 71.5 Å². The maximum Gasteiger partial charge on any atom is 0.263 e. The topological polar surface area (TPSA) is 108 Å². The van der Waals surface area contributed by atoms with Gasteiger partial charge in [0.05, 0.1) is 7.11 Å². The summed E-state index contributed by atoms with van der Waals surface area (Å²) >= 11 is 0. The molecule has 0 atom stereocenters. The molecule has 1 heterocycles. The SMILES string of the molecule is COc1nc(NC(=O)COc2ccccc2)c(C#N)c(-c2ccccc2F)c1C#N. The summed E-state index contributed by atoms with van der Waals surface area (Å²) < 4.78 is 25.0. The number of nitrogens with zero attached hydrogens (tertiary/aromatic N) is 3. The summed E-state index contributed by atoms with van der Waals surface area (Å²) in [6, 6.07) is 18.2. The predicted molar refractivity (Wildman–Crippen MR) is 106 cm³/mol. The Balaban J connectivity index is 2.02. The van der Waals surface area contributed by atoms with Crippen molar-refractivity contribution in [2.75, 3.05) is 19.0 Å². The fourth-order valence-electron chi connectivity index (χ4n) is 2.78. The van der Waals surface area contributed by atoms with E-state index in [2.05, 4.69) is 10.3 Å². The summed E-state index contributed by atoms with van der Waals surface area (Å²) in [5.74, 6) is -1.04. The van der Waals surface area contributed by atoms with Gasteiger partial charge >= 0.3 is 0 Å². The summed E-state index contributed by atoms with van der Waals surface area (Å²) in [6.07, 6.45) is 0. The van der Waals surface area contributed by atoms with Crippen LogP contribution in [-0.4, -0.2) is 24.6 Å². The fourth-order valence-corrected chi connectivity index (χ4v) is 2.78. The number of hydrogen-bond acceptors (Lipinski definition) is 6. The van der Waals surface area contributed by atoms with Gasteiger partial charge in [-0.25, -0.2) is 4.39 Å². The number of nitriles is 2. The van der Waals surface area contributed by atoms with Gasteiger partial charge < -0.3 is 14.8 Å². The maximum atomic E-state index is 14.5. The second-order valence-electron chi connectivity index (χ2n) is 5.95. The minimum atomic E-state index is -0.636. The molecule has 0 aliphatic rings. The van der Waals surface area contributed by atoms with Crippen LogP contribution in [0, 0.1) is 28.5 Å². The van der Waals surface area contributed by atoms with Crippen LogP contribution in [0.3, 0.4) is 0 Å². The largest absolute Gasteiger partial charge is 0.484 e. The molecule has 0 fully saturated rings.